The Bertz CT molecular complexity index is 1110. The Balaban J connectivity index is 1.52. The van der Waals surface area contributed by atoms with E-state index in [9.17, 15) is 34.2 Å². The molecule has 6 aliphatic rings. The molecule has 2 saturated heterocycles. The Labute approximate surface area is 213 Å². The van der Waals surface area contributed by atoms with Gasteiger partial charge in [0.15, 0.2) is 5.78 Å². The van der Waals surface area contributed by atoms with Crippen LogP contribution in [0.25, 0.3) is 0 Å². The van der Waals surface area contributed by atoms with Gasteiger partial charge in [-0.05, 0) is 36.2 Å². The number of carbonyl (C=O) groups excluding carboxylic acids is 4. The van der Waals surface area contributed by atoms with E-state index in [1.165, 1.54) is 0 Å². The minimum absolute atomic E-state index is 0.124. The molecule has 0 radical (unpaired) electrons. The summed E-state index contributed by atoms with van der Waals surface area (Å²) in [6.45, 7) is 7.10. The fourth-order valence-electron chi connectivity index (χ4n) is 8.43. The lowest BCUT2D eigenvalue weighted by atomic mass is 9.36. The summed E-state index contributed by atoms with van der Waals surface area (Å²) in [5.74, 6) is -7.83. The van der Waals surface area contributed by atoms with Crippen LogP contribution in [0.1, 0.15) is 52.4 Å². The molecule has 2 heterocycles. The van der Waals surface area contributed by atoms with Crippen LogP contribution in [-0.2, 0) is 33.4 Å². The molecule has 0 aromatic rings. The van der Waals surface area contributed by atoms with Crippen LogP contribution in [0, 0.1) is 34.0 Å². The SMILES string of the molecule is C=C1C(=O)[C@]23[C@H](OC(=O)CNC(=O)CCC(=O)O)[C@@H]1CC[C@H]2[C@@]12CO[C@]3(O)[C@@H](O)[C@@H]1C(C)(C)CCC2=O. The van der Waals surface area contributed by atoms with Crippen LogP contribution in [0.4, 0.5) is 0 Å². The first kappa shape index (κ1) is 26.0. The molecule has 2 spiro atoms. The van der Waals surface area contributed by atoms with E-state index in [-0.39, 0.29) is 30.8 Å². The summed E-state index contributed by atoms with van der Waals surface area (Å²) in [5.41, 5.74) is -3.51. The maximum atomic E-state index is 14.0. The van der Waals surface area contributed by atoms with Gasteiger partial charge < -0.3 is 30.1 Å². The summed E-state index contributed by atoms with van der Waals surface area (Å²) >= 11 is 0. The van der Waals surface area contributed by atoms with E-state index in [1.54, 1.807) is 0 Å². The maximum absolute atomic E-state index is 14.0. The second-order valence-corrected chi connectivity index (χ2v) is 11.9. The summed E-state index contributed by atoms with van der Waals surface area (Å²) in [5, 5.41) is 34.7. The number of aliphatic carboxylic acids is 1. The van der Waals surface area contributed by atoms with Crippen LogP contribution in [0.2, 0.25) is 0 Å². The average Bonchev–Trinajstić information content (AvgIpc) is 2.94. The maximum Gasteiger partial charge on any atom is 0.325 e. The monoisotopic (exact) mass is 519 g/mol. The number of hydrogen-bond donors (Lipinski definition) is 4. The molecule has 4 N–H and O–H groups in total. The van der Waals surface area contributed by atoms with E-state index in [0.717, 1.165) is 0 Å². The lowest BCUT2D eigenvalue weighted by Gasteiger charge is -2.72. The smallest absolute Gasteiger partial charge is 0.325 e. The van der Waals surface area contributed by atoms with Gasteiger partial charge in [-0.25, -0.2) is 0 Å². The fraction of sp³-hybridized carbons (Fsp3) is 0.731. The van der Waals surface area contributed by atoms with Gasteiger partial charge >= 0.3 is 11.9 Å². The number of amides is 1. The molecule has 6 rings (SSSR count). The highest BCUT2D eigenvalue weighted by atomic mass is 16.6. The number of aliphatic hydroxyl groups excluding tert-OH is 1. The van der Waals surface area contributed by atoms with E-state index in [0.29, 0.717) is 19.3 Å². The van der Waals surface area contributed by atoms with Crippen LogP contribution in [0.5, 0.6) is 0 Å². The zero-order valence-electron chi connectivity index (χ0n) is 21.0. The minimum Gasteiger partial charge on any atom is -0.481 e. The Hall–Kier alpha value is -2.63. The molecule has 0 unspecified atom stereocenters. The van der Waals surface area contributed by atoms with Crippen molar-refractivity contribution >= 4 is 29.4 Å². The number of carboxylic acid groups (broad SMARTS) is 1. The van der Waals surface area contributed by atoms with E-state index in [4.69, 9.17) is 14.6 Å². The molecule has 4 aliphatic carbocycles. The van der Waals surface area contributed by atoms with Crippen molar-refractivity contribution < 1.29 is 48.8 Å². The highest BCUT2D eigenvalue weighted by Crippen LogP contribution is 2.76. The number of nitrogens with one attached hydrogen (secondary N) is 1. The topological polar surface area (TPSA) is 177 Å². The van der Waals surface area contributed by atoms with Gasteiger partial charge in [0.2, 0.25) is 11.7 Å². The standard InChI is InChI=1S/C26H33NO10/c1-12-13-4-5-14-24-11-36-26(35,21(34)19(24)23(2,3)9-8-15(24)28)25(14,20(12)33)22(13)37-18(32)10-27-16(29)6-7-17(30)31/h13-14,19,21-22,34-35H,1,4-11H2,2-3H3,(H,27,29)(H,30,31)/t13-,14+,19-,21+,22-,24-,25+,26-/m1/s1. The molecule has 202 valence electrons. The first-order valence-corrected chi connectivity index (χ1v) is 12.7. The summed E-state index contributed by atoms with van der Waals surface area (Å²) in [7, 11) is 0. The summed E-state index contributed by atoms with van der Waals surface area (Å²) in [6.07, 6.45) is -1.99. The first-order chi connectivity index (χ1) is 17.2. The predicted molar refractivity (Wildman–Crippen MR) is 123 cm³/mol. The normalized spacial score (nSPS) is 43.1. The lowest BCUT2D eigenvalue weighted by Crippen LogP contribution is -2.85. The first-order valence-electron chi connectivity index (χ1n) is 12.7. The predicted octanol–water partition coefficient (Wildman–Crippen LogP) is 0.116. The third kappa shape index (κ3) is 3.13. The van der Waals surface area contributed by atoms with E-state index in [2.05, 4.69) is 11.9 Å². The highest BCUT2D eigenvalue weighted by Gasteiger charge is 2.88. The van der Waals surface area contributed by atoms with Crippen molar-refractivity contribution in [3.8, 4) is 0 Å². The van der Waals surface area contributed by atoms with Crippen molar-refractivity contribution in [2.75, 3.05) is 13.2 Å². The molecule has 11 nitrogen and oxygen atoms in total. The van der Waals surface area contributed by atoms with Crippen molar-refractivity contribution in [2.24, 2.45) is 34.0 Å². The Kier molecular flexibility index (Phi) is 5.75. The molecule has 0 aromatic heterocycles. The van der Waals surface area contributed by atoms with Crippen LogP contribution >= 0.6 is 0 Å². The largest absolute Gasteiger partial charge is 0.481 e. The number of esters is 1. The molecule has 4 saturated carbocycles. The number of rotatable bonds is 6. The van der Waals surface area contributed by atoms with E-state index >= 15 is 0 Å². The average molecular weight is 520 g/mol. The van der Waals surface area contributed by atoms with E-state index < -0.39 is 88.6 Å². The van der Waals surface area contributed by atoms with E-state index in [1.807, 2.05) is 13.8 Å². The van der Waals surface area contributed by atoms with Gasteiger partial charge in [0.05, 0.1) is 18.4 Å². The number of ether oxygens (including phenoxy) is 2. The zero-order chi connectivity index (χ0) is 27.1. The molecule has 4 bridgehead atoms. The Morgan fingerprint density at radius 1 is 1.19 bits per heavy atom. The van der Waals surface area contributed by atoms with Crippen molar-refractivity contribution in [1.82, 2.24) is 5.32 Å². The number of carboxylic acids is 1. The molecule has 8 atom stereocenters. The molecule has 0 aromatic carbocycles. The second-order valence-electron chi connectivity index (χ2n) is 11.9. The molecule has 11 heteroatoms. The summed E-state index contributed by atoms with van der Waals surface area (Å²) in [6, 6.07) is 0. The molecule has 6 fully saturated rings. The van der Waals surface area contributed by atoms with Crippen LogP contribution < -0.4 is 5.32 Å². The van der Waals surface area contributed by atoms with Crippen molar-refractivity contribution in [3.63, 3.8) is 0 Å². The molecular formula is C26H33NO10. The highest BCUT2D eigenvalue weighted by molar-refractivity contribution is 6.06. The summed E-state index contributed by atoms with van der Waals surface area (Å²) < 4.78 is 11.7. The van der Waals surface area contributed by atoms with Gasteiger partial charge in [-0.2, -0.15) is 0 Å². The van der Waals surface area contributed by atoms with Gasteiger partial charge in [-0.3, -0.25) is 24.0 Å². The minimum atomic E-state index is -2.40. The fourth-order valence-corrected chi connectivity index (χ4v) is 8.43. The van der Waals surface area contributed by atoms with Crippen LogP contribution in [0.3, 0.4) is 0 Å². The van der Waals surface area contributed by atoms with Gasteiger partial charge in [0.25, 0.3) is 0 Å². The van der Waals surface area contributed by atoms with Crippen molar-refractivity contribution in [3.05, 3.63) is 12.2 Å². The van der Waals surface area contributed by atoms with Gasteiger partial charge in [-0.15, -0.1) is 0 Å². The summed E-state index contributed by atoms with van der Waals surface area (Å²) in [4.78, 5) is 63.0. The lowest BCUT2D eigenvalue weighted by molar-refractivity contribution is -0.437. The van der Waals surface area contributed by atoms with Crippen LogP contribution in [-0.4, -0.2) is 75.9 Å². The van der Waals surface area contributed by atoms with Gasteiger partial charge in [-0.1, -0.05) is 20.4 Å². The Morgan fingerprint density at radius 2 is 1.89 bits per heavy atom. The third-order valence-corrected chi connectivity index (χ3v) is 9.87. The number of carbonyl (C=O) groups is 5. The van der Waals surface area contributed by atoms with Crippen LogP contribution in [0.15, 0.2) is 12.2 Å². The quantitative estimate of drug-likeness (QED) is 0.278. The van der Waals surface area contributed by atoms with Gasteiger partial charge in [0, 0.05) is 24.7 Å². The second kappa shape index (κ2) is 8.18. The molecule has 37 heavy (non-hydrogen) atoms. The number of hydrogen-bond acceptors (Lipinski definition) is 9. The number of Topliss-reactive ketones (excluding diaryl/α,β-unsaturated/α-hetero) is 2. The molecule has 2 aliphatic heterocycles. The zero-order valence-corrected chi connectivity index (χ0v) is 21.0. The number of fused-ring (bicyclic) bond motifs is 2. The van der Waals surface area contributed by atoms with Crippen molar-refractivity contribution in [2.45, 2.75) is 70.4 Å². The molecular weight excluding hydrogens is 486 g/mol. The number of aliphatic hydroxyl groups is 2. The van der Waals surface area contributed by atoms with Crippen molar-refractivity contribution in [1.29, 1.82) is 0 Å². The Morgan fingerprint density at radius 3 is 2.57 bits per heavy atom. The van der Waals surface area contributed by atoms with Gasteiger partial charge in [0.1, 0.15) is 30.0 Å². The third-order valence-electron chi connectivity index (χ3n) is 9.87. The molecule has 1 amide bonds. The number of ketones is 2.